The highest BCUT2D eigenvalue weighted by Gasteiger charge is 2.45. The lowest BCUT2D eigenvalue weighted by atomic mass is 9.93. The Labute approximate surface area is 219 Å². The molecule has 10 heteroatoms. The zero-order chi connectivity index (χ0) is 26.4. The van der Waals surface area contributed by atoms with Crippen LogP contribution >= 0.6 is 0 Å². The highest BCUT2D eigenvalue weighted by molar-refractivity contribution is 7.89. The molecule has 2 aliphatic heterocycles. The number of anilines is 3. The van der Waals surface area contributed by atoms with Gasteiger partial charge in [-0.25, -0.2) is 18.1 Å². The topological polar surface area (TPSA) is 115 Å². The molecule has 37 heavy (non-hydrogen) atoms. The van der Waals surface area contributed by atoms with E-state index in [0.717, 1.165) is 38.3 Å². The molecule has 1 amide bonds. The van der Waals surface area contributed by atoms with Gasteiger partial charge in [0.05, 0.1) is 16.6 Å². The van der Waals surface area contributed by atoms with Gasteiger partial charge in [-0.15, -0.1) is 0 Å². The highest BCUT2D eigenvalue weighted by Crippen LogP contribution is 2.54. The molecule has 1 aromatic heterocycles. The Balaban J connectivity index is 1.40. The molecule has 1 saturated carbocycles. The lowest BCUT2D eigenvalue weighted by Crippen LogP contribution is -2.40. The van der Waals surface area contributed by atoms with Crippen molar-refractivity contribution in [3.05, 3.63) is 42.0 Å². The van der Waals surface area contributed by atoms with Crippen LogP contribution in [0.4, 0.5) is 17.3 Å². The third-order valence-corrected chi connectivity index (χ3v) is 9.27. The van der Waals surface area contributed by atoms with Crippen molar-refractivity contribution in [3.63, 3.8) is 0 Å². The minimum atomic E-state index is -3.74. The number of pyridine rings is 1. The average Bonchev–Trinajstić information content (AvgIpc) is 3.44. The van der Waals surface area contributed by atoms with Crippen LogP contribution in [-0.4, -0.2) is 62.2 Å². The number of aliphatic hydroxyl groups is 1. The summed E-state index contributed by atoms with van der Waals surface area (Å²) >= 11 is 0. The smallest absolute Gasteiger partial charge is 0.259 e. The van der Waals surface area contributed by atoms with E-state index in [9.17, 15) is 18.3 Å². The summed E-state index contributed by atoms with van der Waals surface area (Å²) in [5.74, 6) is 1.07. The van der Waals surface area contributed by atoms with Crippen molar-refractivity contribution in [2.24, 2.45) is 5.41 Å². The molecular weight excluding hydrogens is 490 g/mol. The Kier molecular flexibility index (Phi) is 6.70. The normalized spacial score (nSPS) is 21.4. The molecule has 2 aromatic rings. The first-order chi connectivity index (χ1) is 17.4. The number of hydrogen-bond donors (Lipinski definition) is 3. The second-order valence-corrected chi connectivity index (χ2v) is 13.4. The monoisotopic (exact) mass is 527 g/mol. The summed E-state index contributed by atoms with van der Waals surface area (Å²) in [5, 5.41) is 12.9. The van der Waals surface area contributed by atoms with E-state index in [2.05, 4.69) is 19.8 Å². The van der Waals surface area contributed by atoms with Crippen LogP contribution in [0.2, 0.25) is 0 Å². The number of amides is 1. The Hall–Kier alpha value is -2.69. The van der Waals surface area contributed by atoms with E-state index in [-0.39, 0.29) is 16.9 Å². The molecule has 1 spiro atoms. The van der Waals surface area contributed by atoms with Crippen LogP contribution in [0.15, 0.2) is 41.3 Å². The van der Waals surface area contributed by atoms with Gasteiger partial charge >= 0.3 is 0 Å². The van der Waals surface area contributed by atoms with E-state index in [1.165, 1.54) is 25.0 Å². The minimum Gasteiger partial charge on any atom is -0.391 e. The van der Waals surface area contributed by atoms with Crippen molar-refractivity contribution in [3.8, 4) is 0 Å². The molecule has 200 valence electrons. The minimum absolute atomic E-state index is 0.0901. The maximum absolute atomic E-state index is 13.5. The molecule has 1 aliphatic carbocycles. The summed E-state index contributed by atoms with van der Waals surface area (Å²) in [6, 6.07) is 9.90. The van der Waals surface area contributed by atoms with Gasteiger partial charge in [0.1, 0.15) is 11.6 Å². The number of carbonyl (C=O) groups is 1. The van der Waals surface area contributed by atoms with E-state index >= 15 is 0 Å². The van der Waals surface area contributed by atoms with Gasteiger partial charge in [-0.3, -0.25) is 4.79 Å². The fourth-order valence-electron chi connectivity index (χ4n) is 5.25. The van der Waals surface area contributed by atoms with Crippen LogP contribution in [0, 0.1) is 5.41 Å². The lowest BCUT2D eigenvalue weighted by molar-refractivity contribution is 0.102. The summed E-state index contributed by atoms with van der Waals surface area (Å²) < 4.78 is 28.2. The van der Waals surface area contributed by atoms with Gasteiger partial charge in [0.25, 0.3) is 5.91 Å². The van der Waals surface area contributed by atoms with Crippen molar-refractivity contribution in [1.82, 2.24) is 9.71 Å². The van der Waals surface area contributed by atoms with Crippen LogP contribution in [0.5, 0.6) is 0 Å². The number of carbonyl (C=O) groups excluding carboxylic acids is 1. The predicted molar refractivity (Wildman–Crippen MR) is 145 cm³/mol. The number of piperidine rings is 1. The number of β-amino-alcohol motifs (C(OH)–C–C–N with tert-alkyl or cyclic N) is 1. The van der Waals surface area contributed by atoms with Crippen LogP contribution in [0.3, 0.4) is 0 Å². The number of sulfonamides is 1. The number of benzene rings is 1. The highest BCUT2D eigenvalue weighted by atomic mass is 32.2. The Morgan fingerprint density at radius 1 is 1.05 bits per heavy atom. The van der Waals surface area contributed by atoms with Crippen molar-refractivity contribution in [2.45, 2.75) is 69.4 Å². The molecule has 3 fully saturated rings. The SMILES string of the molecule is CC(C)(C)NS(=O)(=O)c1cccc(NC(=O)c2ccc(N3CC[C@H](O)C3)nc2N2CCC3(CC2)CC3)c1. The van der Waals surface area contributed by atoms with Gasteiger partial charge in [-0.2, -0.15) is 0 Å². The first kappa shape index (κ1) is 25.9. The number of nitrogens with zero attached hydrogens (tertiary/aromatic N) is 3. The molecule has 1 atom stereocenters. The Morgan fingerprint density at radius 3 is 2.41 bits per heavy atom. The summed E-state index contributed by atoms with van der Waals surface area (Å²) in [7, 11) is -3.74. The predicted octanol–water partition coefficient (Wildman–Crippen LogP) is 3.36. The van der Waals surface area contributed by atoms with E-state index in [1.54, 1.807) is 39.0 Å². The van der Waals surface area contributed by atoms with Crippen molar-refractivity contribution in [1.29, 1.82) is 0 Å². The summed E-state index contributed by atoms with van der Waals surface area (Å²) in [5.41, 5.74) is 0.716. The van der Waals surface area contributed by atoms with E-state index in [1.807, 2.05) is 6.07 Å². The number of aromatic nitrogens is 1. The number of hydrogen-bond acceptors (Lipinski definition) is 7. The second kappa shape index (κ2) is 9.56. The first-order valence-electron chi connectivity index (χ1n) is 13.1. The van der Waals surface area contributed by atoms with E-state index in [4.69, 9.17) is 4.98 Å². The van der Waals surface area contributed by atoms with Crippen LogP contribution in [0.1, 0.15) is 63.2 Å². The molecule has 3 N–H and O–H groups in total. The van der Waals surface area contributed by atoms with Crippen LogP contribution in [0.25, 0.3) is 0 Å². The maximum atomic E-state index is 13.5. The molecule has 9 nitrogen and oxygen atoms in total. The summed E-state index contributed by atoms with van der Waals surface area (Å²) in [4.78, 5) is 22.8. The first-order valence-corrected chi connectivity index (χ1v) is 14.6. The largest absolute Gasteiger partial charge is 0.391 e. The second-order valence-electron chi connectivity index (χ2n) is 11.8. The molecule has 0 unspecified atom stereocenters. The fraction of sp³-hybridized carbons (Fsp3) is 0.556. The zero-order valence-electron chi connectivity index (χ0n) is 21.8. The third-order valence-electron chi connectivity index (χ3n) is 7.52. The number of nitrogens with one attached hydrogen (secondary N) is 2. The van der Waals surface area contributed by atoms with Gasteiger partial charge < -0.3 is 20.2 Å². The summed E-state index contributed by atoms with van der Waals surface area (Å²) in [6.45, 7) is 8.31. The van der Waals surface area contributed by atoms with Gasteiger partial charge in [0.15, 0.2) is 0 Å². The average molecular weight is 528 g/mol. The number of rotatable bonds is 6. The van der Waals surface area contributed by atoms with Crippen molar-refractivity contribution in [2.75, 3.05) is 41.3 Å². The fourth-order valence-corrected chi connectivity index (χ4v) is 6.72. The molecule has 0 radical (unpaired) electrons. The van der Waals surface area contributed by atoms with Crippen molar-refractivity contribution < 1.29 is 18.3 Å². The molecule has 3 aliphatic rings. The van der Waals surface area contributed by atoms with E-state index in [0.29, 0.717) is 35.4 Å². The maximum Gasteiger partial charge on any atom is 0.259 e. The number of aliphatic hydroxyl groups excluding tert-OH is 1. The third kappa shape index (κ3) is 5.91. The van der Waals surface area contributed by atoms with Gasteiger partial charge in [0.2, 0.25) is 10.0 Å². The molecular formula is C27H37N5O4S. The standard InChI is InChI=1S/C27H37N5O4S/c1-26(2,3)30-37(35,36)21-6-4-5-19(17-21)28-25(34)22-7-8-23(32-14-9-20(33)18-32)29-24(22)31-15-12-27(10-11-27)13-16-31/h4-8,17,20,30,33H,9-16,18H2,1-3H3,(H,28,34)/t20-/m0/s1. The summed E-state index contributed by atoms with van der Waals surface area (Å²) in [6.07, 6.45) is 5.11. The quantitative estimate of drug-likeness (QED) is 0.528. The van der Waals surface area contributed by atoms with Gasteiger partial charge in [-0.05, 0) is 88.6 Å². The Morgan fingerprint density at radius 2 is 1.78 bits per heavy atom. The molecule has 0 bridgehead atoms. The van der Waals surface area contributed by atoms with Gasteiger partial charge in [0, 0.05) is 37.4 Å². The molecule has 5 rings (SSSR count). The zero-order valence-corrected chi connectivity index (χ0v) is 22.6. The van der Waals surface area contributed by atoms with E-state index < -0.39 is 15.6 Å². The van der Waals surface area contributed by atoms with Crippen molar-refractivity contribution >= 4 is 33.3 Å². The molecule has 3 heterocycles. The van der Waals surface area contributed by atoms with Crippen LogP contribution < -0.4 is 19.8 Å². The van der Waals surface area contributed by atoms with Gasteiger partial charge in [-0.1, -0.05) is 6.07 Å². The molecule has 2 saturated heterocycles. The lowest BCUT2D eigenvalue weighted by Gasteiger charge is -2.34. The molecule has 1 aromatic carbocycles. The van der Waals surface area contributed by atoms with Crippen LogP contribution in [-0.2, 0) is 10.0 Å². The Bertz CT molecular complexity index is 1280.